The molecule has 1 heterocycles. The average Bonchev–Trinajstić information content (AvgIpc) is 3.40. The Morgan fingerprint density at radius 3 is 2.73 bits per heavy atom. The minimum Gasteiger partial charge on any atom is -0.396 e. The molecule has 0 radical (unpaired) electrons. The highest BCUT2D eigenvalue weighted by molar-refractivity contribution is 5.59. The van der Waals surface area contributed by atoms with Crippen LogP contribution in [0.5, 0.6) is 0 Å². The summed E-state index contributed by atoms with van der Waals surface area (Å²) in [4.78, 5) is 7.00. The molecule has 0 spiro atoms. The Bertz CT molecular complexity index is 581. The van der Waals surface area contributed by atoms with Crippen molar-refractivity contribution in [1.29, 1.82) is 0 Å². The molecular weight excluding hydrogens is 272 g/mol. The van der Waals surface area contributed by atoms with E-state index in [0.29, 0.717) is 6.61 Å². The molecule has 2 aromatic rings. The zero-order valence-corrected chi connectivity index (χ0v) is 13.0. The number of unbranched alkanes of at least 4 members (excludes halogenated alkanes) is 1. The van der Waals surface area contributed by atoms with Crippen molar-refractivity contribution in [2.45, 2.75) is 38.3 Å². The fourth-order valence-corrected chi connectivity index (χ4v) is 2.85. The van der Waals surface area contributed by atoms with E-state index in [1.54, 1.807) is 0 Å². The van der Waals surface area contributed by atoms with Crippen molar-refractivity contribution < 1.29 is 5.11 Å². The molecule has 1 aliphatic rings. The van der Waals surface area contributed by atoms with Crippen LogP contribution in [0.4, 0.5) is 0 Å². The predicted molar refractivity (Wildman–Crippen MR) is 89.4 cm³/mol. The van der Waals surface area contributed by atoms with Gasteiger partial charge in [0.05, 0.1) is 5.69 Å². The van der Waals surface area contributed by atoms with Gasteiger partial charge >= 0.3 is 0 Å². The highest BCUT2D eigenvalue weighted by atomic mass is 16.2. The Labute approximate surface area is 132 Å². The number of pyridine rings is 1. The molecule has 1 aromatic carbocycles. The van der Waals surface area contributed by atoms with Crippen LogP contribution in [0.25, 0.3) is 11.3 Å². The molecule has 0 atom stereocenters. The molecule has 1 saturated carbocycles. The topological polar surface area (TPSA) is 36.4 Å². The summed E-state index contributed by atoms with van der Waals surface area (Å²) >= 11 is 0. The van der Waals surface area contributed by atoms with Gasteiger partial charge in [-0.1, -0.05) is 24.3 Å². The van der Waals surface area contributed by atoms with Crippen molar-refractivity contribution in [1.82, 2.24) is 9.88 Å². The maximum absolute atomic E-state index is 8.96. The fourth-order valence-electron chi connectivity index (χ4n) is 2.85. The average molecular weight is 296 g/mol. The number of aliphatic hydroxyl groups is 1. The van der Waals surface area contributed by atoms with E-state index in [1.165, 1.54) is 24.0 Å². The van der Waals surface area contributed by atoms with Crippen LogP contribution in [0, 0.1) is 0 Å². The molecule has 22 heavy (non-hydrogen) atoms. The van der Waals surface area contributed by atoms with Crippen molar-refractivity contribution >= 4 is 0 Å². The fraction of sp³-hybridized carbons (Fsp3) is 0.421. The van der Waals surface area contributed by atoms with Gasteiger partial charge in [-0.2, -0.15) is 0 Å². The molecule has 1 aliphatic carbocycles. The summed E-state index contributed by atoms with van der Waals surface area (Å²) in [7, 11) is 0. The molecule has 1 N–H and O–H groups in total. The summed E-state index contributed by atoms with van der Waals surface area (Å²) in [6.45, 7) is 2.38. The number of rotatable bonds is 8. The van der Waals surface area contributed by atoms with E-state index in [2.05, 4.69) is 40.2 Å². The third-order valence-electron chi connectivity index (χ3n) is 4.19. The third kappa shape index (κ3) is 4.15. The highest BCUT2D eigenvalue weighted by Crippen LogP contribution is 2.29. The second-order valence-corrected chi connectivity index (χ2v) is 6.05. The summed E-state index contributed by atoms with van der Waals surface area (Å²) in [5, 5.41) is 8.96. The molecule has 0 amide bonds. The monoisotopic (exact) mass is 296 g/mol. The number of nitrogens with zero attached hydrogens (tertiary/aromatic N) is 2. The summed E-state index contributed by atoms with van der Waals surface area (Å²) in [6, 6.07) is 15.5. The van der Waals surface area contributed by atoms with Crippen molar-refractivity contribution in [2.75, 3.05) is 13.2 Å². The smallest absolute Gasteiger partial charge is 0.0702 e. The second-order valence-electron chi connectivity index (χ2n) is 6.05. The van der Waals surface area contributed by atoms with Crippen molar-refractivity contribution in [3.63, 3.8) is 0 Å². The summed E-state index contributed by atoms with van der Waals surface area (Å²) in [5.41, 5.74) is 3.56. The first kappa shape index (κ1) is 15.2. The highest BCUT2D eigenvalue weighted by Gasteiger charge is 2.28. The molecule has 0 bridgehead atoms. The number of hydrogen-bond donors (Lipinski definition) is 1. The van der Waals surface area contributed by atoms with Gasteiger partial charge in [-0.3, -0.25) is 9.88 Å². The van der Waals surface area contributed by atoms with E-state index in [4.69, 9.17) is 5.11 Å². The number of hydrogen-bond acceptors (Lipinski definition) is 3. The van der Waals surface area contributed by atoms with E-state index in [1.807, 2.05) is 18.3 Å². The molecule has 1 aromatic heterocycles. The van der Waals surface area contributed by atoms with E-state index < -0.39 is 0 Å². The van der Waals surface area contributed by atoms with Crippen LogP contribution >= 0.6 is 0 Å². The third-order valence-corrected chi connectivity index (χ3v) is 4.19. The molecule has 3 nitrogen and oxygen atoms in total. The Morgan fingerprint density at radius 1 is 1.09 bits per heavy atom. The molecule has 1 fully saturated rings. The van der Waals surface area contributed by atoms with Crippen LogP contribution in [0.1, 0.15) is 31.2 Å². The van der Waals surface area contributed by atoms with E-state index in [-0.39, 0.29) is 0 Å². The number of aromatic nitrogens is 1. The molecule has 116 valence electrons. The van der Waals surface area contributed by atoms with Crippen molar-refractivity contribution in [3.05, 3.63) is 54.2 Å². The molecule has 0 aliphatic heterocycles. The van der Waals surface area contributed by atoms with Crippen LogP contribution in [-0.2, 0) is 6.54 Å². The summed E-state index contributed by atoms with van der Waals surface area (Å²) < 4.78 is 0. The Morgan fingerprint density at radius 2 is 2.00 bits per heavy atom. The Hall–Kier alpha value is -1.71. The van der Waals surface area contributed by atoms with Gasteiger partial charge < -0.3 is 5.11 Å². The Kier molecular flexibility index (Phi) is 5.20. The SMILES string of the molecule is OCCCCN(Cc1cccc(-c2ccccn2)c1)C1CC1. The van der Waals surface area contributed by atoms with Crippen molar-refractivity contribution in [3.8, 4) is 11.3 Å². The van der Waals surface area contributed by atoms with Crippen LogP contribution in [0.2, 0.25) is 0 Å². The minimum absolute atomic E-state index is 0.299. The first-order valence-corrected chi connectivity index (χ1v) is 8.22. The van der Waals surface area contributed by atoms with Gasteiger partial charge in [0.2, 0.25) is 0 Å². The second kappa shape index (κ2) is 7.52. The van der Waals surface area contributed by atoms with Crippen LogP contribution in [0.15, 0.2) is 48.7 Å². The molecule has 0 saturated heterocycles. The van der Waals surface area contributed by atoms with Gasteiger partial charge in [0.15, 0.2) is 0 Å². The minimum atomic E-state index is 0.299. The normalized spacial score (nSPS) is 14.5. The van der Waals surface area contributed by atoms with E-state index >= 15 is 0 Å². The summed E-state index contributed by atoms with van der Waals surface area (Å²) in [5.74, 6) is 0. The number of aliphatic hydroxyl groups excluding tert-OH is 1. The molecule has 3 heteroatoms. The van der Waals surface area contributed by atoms with E-state index in [0.717, 1.165) is 37.7 Å². The van der Waals surface area contributed by atoms with Gasteiger partial charge in [-0.25, -0.2) is 0 Å². The van der Waals surface area contributed by atoms with Gasteiger partial charge in [-0.15, -0.1) is 0 Å². The molecule has 3 rings (SSSR count). The standard InChI is InChI=1S/C19H24N2O/c22-13-4-3-12-21(18-9-10-18)15-16-6-5-7-17(14-16)19-8-1-2-11-20-19/h1-2,5-8,11,14,18,22H,3-4,9-10,12-13,15H2. The quantitative estimate of drug-likeness (QED) is 0.758. The predicted octanol–water partition coefficient (Wildman–Crippen LogP) is 3.49. The maximum Gasteiger partial charge on any atom is 0.0702 e. The lowest BCUT2D eigenvalue weighted by molar-refractivity contribution is 0.229. The molecular formula is C19H24N2O. The lowest BCUT2D eigenvalue weighted by atomic mass is 10.1. The lowest BCUT2D eigenvalue weighted by Gasteiger charge is -2.22. The Balaban J connectivity index is 1.68. The first-order chi connectivity index (χ1) is 10.9. The van der Waals surface area contributed by atoms with Gasteiger partial charge in [-0.05, 0) is 56.0 Å². The largest absolute Gasteiger partial charge is 0.396 e. The van der Waals surface area contributed by atoms with Crippen LogP contribution in [0.3, 0.4) is 0 Å². The van der Waals surface area contributed by atoms with Gasteiger partial charge in [0.25, 0.3) is 0 Å². The summed E-state index contributed by atoms with van der Waals surface area (Å²) in [6.07, 6.45) is 6.45. The van der Waals surface area contributed by atoms with E-state index in [9.17, 15) is 0 Å². The van der Waals surface area contributed by atoms with Crippen molar-refractivity contribution in [2.24, 2.45) is 0 Å². The lowest BCUT2D eigenvalue weighted by Crippen LogP contribution is -2.26. The van der Waals surface area contributed by atoms with Crippen LogP contribution in [-0.4, -0.2) is 34.2 Å². The number of benzene rings is 1. The van der Waals surface area contributed by atoms with Gasteiger partial charge in [0.1, 0.15) is 0 Å². The zero-order chi connectivity index (χ0) is 15.2. The molecule has 0 unspecified atom stereocenters. The first-order valence-electron chi connectivity index (χ1n) is 8.22. The zero-order valence-electron chi connectivity index (χ0n) is 13.0. The van der Waals surface area contributed by atoms with Crippen LogP contribution < -0.4 is 0 Å². The maximum atomic E-state index is 8.96. The van der Waals surface area contributed by atoms with Gasteiger partial charge in [0, 0.05) is 31.0 Å².